The largest absolute Gasteiger partial charge is 0.361 e. The summed E-state index contributed by atoms with van der Waals surface area (Å²) >= 11 is 5.99. The fraction of sp³-hybridized carbons (Fsp3) is 0.0667. The summed E-state index contributed by atoms with van der Waals surface area (Å²) < 4.78 is 27.3. The van der Waals surface area contributed by atoms with Crippen molar-refractivity contribution in [2.45, 2.75) is 11.8 Å². The van der Waals surface area contributed by atoms with Crippen molar-refractivity contribution in [2.75, 3.05) is 4.72 Å². The molecule has 0 spiro atoms. The third-order valence-electron chi connectivity index (χ3n) is 3.26. The van der Waals surface area contributed by atoms with Crippen LogP contribution >= 0.6 is 11.6 Å². The van der Waals surface area contributed by atoms with Crippen molar-refractivity contribution in [1.29, 1.82) is 0 Å². The van der Waals surface area contributed by atoms with Crippen LogP contribution in [0.2, 0.25) is 5.02 Å². The number of rotatable bonds is 3. The molecule has 21 heavy (non-hydrogen) atoms. The minimum absolute atomic E-state index is 0.146. The Hall–Kier alpha value is -1.98. The first-order valence-electron chi connectivity index (χ1n) is 6.32. The van der Waals surface area contributed by atoms with Crippen LogP contribution in [0, 0.1) is 6.92 Å². The van der Waals surface area contributed by atoms with E-state index >= 15 is 0 Å². The van der Waals surface area contributed by atoms with Gasteiger partial charge >= 0.3 is 0 Å². The number of aromatic amines is 1. The zero-order valence-corrected chi connectivity index (χ0v) is 12.8. The lowest BCUT2D eigenvalue weighted by Crippen LogP contribution is -2.12. The normalized spacial score (nSPS) is 11.7. The molecule has 0 radical (unpaired) electrons. The first-order chi connectivity index (χ1) is 9.95. The summed E-state index contributed by atoms with van der Waals surface area (Å²) in [5, 5.41) is 1.37. The van der Waals surface area contributed by atoms with E-state index in [1.807, 2.05) is 25.3 Å². The predicted octanol–water partition coefficient (Wildman–Crippen LogP) is 3.93. The number of anilines is 1. The molecule has 2 N–H and O–H groups in total. The molecule has 6 heteroatoms. The number of hydrogen-bond donors (Lipinski definition) is 2. The summed E-state index contributed by atoms with van der Waals surface area (Å²) in [6.07, 6.45) is 1.81. The van der Waals surface area contributed by atoms with Crippen molar-refractivity contribution in [1.82, 2.24) is 4.98 Å². The molecule has 108 valence electrons. The molecule has 2 aromatic carbocycles. The summed E-state index contributed by atoms with van der Waals surface area (Å²) in [6, 6.07) is 11.9. The maximum Gasteiger partial charge on any atom is 0.261 e. The molecule has 1 aromatic heterocycles. The summed E-state index contributed by atoms with van der Waals surface area (Å²) in [7, 11) is -3.65. The quantitative estimate of drug-likeness (QED) is 0.768. The number of aromatic nitrogens is 1. The van der Waals surface area contributed by atoms with Crippen molar-refractivity contribution in [2.24, 2.45) is 0 Å². The van der Waals surface area contributed by atoms with Gasteiger partial charge in [-0.1, -0.05) is 17.7 Å². The number of halogens is 1. The molecule has 0 bridgehead atoms. The average Bonchev–Trinajstić information content (AvgIpc) is 2.88. The van der Waals surface area contributed by atoms with Crippen molar-refractivity contribution in [3.05, 3.63) is 59.2 Å². The fourth-order valence-corrected chi connectivity index (χ4v) is 3.39. The van der Waals surface area contributed by atoms with Crippen LogP contribution in [0.4, 0.5) is 5.69 Å². The van der Waals surface area contributed by atoms with E-state index in [0.717, 1.165) is 16.5 Å². The molecule has 0 aliphatic rings. The van der Waals surface area contributed by atoms with Gasteiger partial charge in [-0.3, -0.25) is 4.72 Å². The molecule has 3 rings (SSSR count). The van der Waals surface area contributed by atoms with Crippen LogP contribution in [0.1, 0.15) is 5.56 Å². The van der Waals surface area contributed by atoms with Crippen LogP contribution in [-0.2, 0) is 10.0 Å². The maximum absolute atomic E-state index is 12.4. The fourth-order valence-electron chi connectivity index (χ4n) is 2.07. The van der Waals surface area contributed by atoms with Gasteiger partial charge in [0.1, 0.15) is 0 Å². The summed E-state index contributed by atoms with van der Waals surface area (Å²) in [5.74, 6) is 0. The highest BCUT2D eigenvalue weighted by Gasteiger charge is 2.15. The van der Waals surface area contributed by atoms with Crippen molar-refractivity contribution in [3.63, 3.8) is 0 Å². The standard InChI is InChI=1S/C15H13ClN2O2S/c1-10-2-4-13(9-14(10)16)21(19,20)18-12-3-5-15-11(8-12)6-7-17-15/h2-9,17-18H,1H3. The number of H-pyrrole nitrogens is 1. The zero-order chi connectivity index (χ0) is 15.0. The highest BCUT2D eigenvalue weighted by atomic mass is 35.5. The van der Waals surface area contributed by atoms with Crippen molar-refractivity contribution < 1.29 is 8.42 Å². The Balaban J connectivity index is 1.96. The number of nitrogens with one attached hydrogen (secondary N) is 2. The number of benzene rings is 2. The zero-order valence-electron chi connectivity index (χ0n) is 11.2. The lowest BCUT2D eigenvalue weighted by molar-refractivity contribution is 0.601. The van der Waals surface area contributed by atoms with Gasteiger partial charge in [0.05, 0.1) is 4.90 Å². The molecule has 0 fully saturated rings. The predicted molar refractivity (Wildman–Crippen MR) is 85.3 cm³/mol. The van der Waals surface area contributed by atoms with Crippen LogP contribution in [-0.4, -0.2) is 13.4 Å². The van der Waals surface area contributed by atoms with Crippen molar-refractivity contribution >= 4 is 38.2 Å². The molecule has 3 aromatic rings. The van der Waals surface area contributed by atoms with Gasteiger partial charge in [0.25, 0.3) is 10.0 Å². The van der Waals surface area contributed by atoms with Gasteiger partial charge in [-0.2, -0.15) is 0 Å². The second-order valence-electron chi connectivity index (χ2n) is 4.80. The van der Waals surface area contributed by atoms with Crippen LogP contribution in [0.3, 0.4) is 0 Å². The van der Waals surface area contributed by atoms with E-state index in [4.69, 9.17) is 11.6 Å². The highest BCUT2D eigenvalue weighted by molar-refractivity contribution is 7.92. The number of fused-ring (bicyclic) bond motifs is 1. The second-order valence-corrected chi connectivity index (χ2v) is 6.89. The molecule has 0 saturated heterocycles. The molecule has 0 aliphatic heterocycles. The molecule has 0 saturated carbocycles. The molecular weight excluding hydrogens is 308 g/mol. The molecule has 0 amide bonds. The van der Waals surface area contributed by atoms with Gasteiger partial charge < -0.3 is 4.98 Å². The van der Waals surface area contributed by atoms with Crippen molar-refractivity contribution in [3.8, 4) is 0 Å². The van der Waals surface area contributed by atoms with E-state index in [0.29, 0.717) is 10.7 Å². The van der Waals surface area contributed by atoms with Crippen LogP contribution in [0.5, 0.6) is 0 Å². The molecule has 0 aliphatic carbocycles. The molecule has 4 nitrogen and oxygen atoms in total. The third kappa shape index (κ3) is 2.75. The van der Waals surface area contributed by atoms with Crippen LogP contribution < -0.4 is 4.72 Å². The second kappa shape index (κ2) is 5.09. The Morgan fingerprint density at radius 2 is 1.90 bits per heavy atom. The van der Waals surface area contributed by atoms with E-state index in [2.05, 4.69) is 9.71 Å². The molecule has 0 atom stereocenters. The lowest BCUT2D eigenvalue weighted by atomic mass is 10.2. The Morgan fingerprint density at radius 1 is 1.10 bits per heavy atom. The minimum atomic E-state index is -3.65. The minimum Gasteiger partial charge on any atom is -0.361 e. The number of sulfonamides is 1. The van der Waals surface area contributed by atoms with Gasteiger partial charge in [0, 0.05) is 27.8 Å². The third-order valence-corrected chi connectivity index (χ3v) is 5.05. The Morgan fingerprint density at radius 3 is 2.67 bits per heavy atom. The summed E-state index contributed by atoms with van der Waals surface area (Å²) in [6.45, 7) is 1.83. The van der Waals surface area contributed by atoms with Gasteiger partial charge in [0.2, 0.25) is 0 Å². The SMILES string of the molecule is Cc1ccc(S(=O)(=O)Nc2ccc3[nH]ccc3c2)cc1Cl. The van der Waals surface area contributed by atoms with Gasteiger partial charge in [0.15, 0.2) is 0 Å². The topological polar surface area (TPSA) is 62.0 Å². The van der Waals surface area contributed by atoms with E-state index in [1.165, 1.54) is 6.07 Å². The average molecular weight is 321 g/mol. The monoisotopic (exact) mass is 320 g/mol. The first kappa shape index (κ1) is 14.0. The number of aryl methyl sites for hydroxylation is 1. The molecule has 1 heterocycles. The Labute approximate surface area is 127 Å². The van der Waals surface area contributed by atoms with Crippen LogP contribution in [0.15, 0.2) is 53.6 Å². The summed E-state index contributed by atoms with van der Waals surface area (Å²) in [5.41, 5.74) is 2.31. The highest BCUT2D eigenvalue weighted by Crippen LogP contribution is 2.24. The van der Waals surface area contributed by atoms with Gasteiger partial charge in [-0.15, -0.1) is 0 Å². The van der Waals surface area contributed by atoms with E-state index < -0.39 is 10.0 Å². The van der Waals surface area contributed by atoms with Gasteiger partial charge in [-0.25, -0.2) is 8.42 Å². The smallest absolute Gasteiger partial charge is 0.261 e. The van der Waals surface area contributed by atoms with Crippen LogP contribution in [0.25, 0.3) is 10.9 Å². The van der Waals surface area contributed by atoms with E-state index in [1.54, 1.807) is 24.3 Å². The van der Waals surface area contributed by atoms with E-state index in [-0.39, 0.29) is 4.90 Å². The molecule has 0 unspecified atom stereocenters. The first-order valence-corrected chi connectivity index (χ1v) is 8.18. The maximum atomic E-state index is 12.4. The van der Waals surface area contributed by atoms with Gasteiger partial charge in [-0.05, 0) is 48.9 Å². The Kier molecular flexibility index (Phi) is 3.39. The summed E-state index contributed by atoms with van der Waals surface area (Å²) in [4.78, 5) is 3.21. The lowest BCUT2D eigenvalue weighted by Gasteiger charge is -2.09. The molecular formula is C15H13ClN2O2S. The number of hydrogen-bond acceptors (Lipinski definition) is 2. The van der Waals surface area contributed by atoms with E-state index in [9.17, 15) is 8.42 Å². The Bertz CT molecular complexity index is 916.